The van der Waals surface area contributed by atoms with Crippen molar-refractivity contribution in [2.45, 2.75) is 32.7 Å². The van der Waals surface area contributed by atoms with Gasteiger partial charge in [0.1, 0.15) is 0 Å². The predicted octanol–water partition coefficient (Wildman–Crippen LogP) is 2.04. The minimum atomic E-state index is -0.541. The Morgan fingerprint density at radius 2 is 2.15 bits per heavy atom. The summed E-state index contributed by atoms with van der Waals surface area (Å²) in [6, 6.07) is 0. The molecule has 0 aromatic heterocycles. The maximum absolute atomic E-state index is 10.5. The van der Waals surface area contributed by atoms with Gasteiger partial charge in [-0.15, -0.1) is 13.2 Å². The van der Waals surface area contributed by atoms with E-state index in [9.17, 15) is 4.79 Å². The van der Waals surface area contributed by atoms with Gasteiger partial charge < -0.3 is 9.47 Å². The van der Waals surface area contributed by atoms with E-state index in [4.69, 9.17) is 9.47 Å². The summed E-state index contributed by atoms with van der Waals surface area (Å²) in [5, 5.41) is 0. The third-order valence-corrected chi connectivity index (χ3v) is 1.36. The Hall–Kier alpha value is -1.09. The predicted molar refractivity (Wildman–Crippen MR) is 51.1 cm³/mol. The van der Waals surface area contributed by atoms with Crippen LogP contribution in [-0.4, -0.2) is 18.4 Å². The zero-order valence-electron chi connectivity index (χ0n) is 8.16. The first-order valence-corrected chi connectivity index (χ1v) is 4.16. The summed E-state index contributed by atoms with van der Waals surface area (Å²) in [7, 11) is 0. The van der Waals surface area contributed by atoms with Gasteiger partial charge in [0.2, 0.25) is 6.29 Å². The molecule has 0 rings (SSSR count). The molecule has 13 heavy (non-hydrogen) atoms. The second-order valence-electron chi connectivity index (χ2n) is 2.61. The van der Waals surface area contributed by atoms with Crippen molar-refractivity contribution >= 4 is 5.97 Å². The van der Waals surface area contributed by atoms with Crippen LogP contribution < -0.4 is 0 Å². The van der Waals surface area contributed by atoms with Crippen molar-refractivity contribution < 1.29 is 14.3 Å². The largest absolute Gasteiger partial charge is 0.436 e. The number of ether oxygens (including phenoxy) is 2. The lowest BCUT2D eigenvalue weighted by Crippen LogP contribution is -2.22. The van der Waals surface area contributed by atoms with Crippen molar-refractivity contribution in [1.29, 1.82) is 0 Å². The van der Waals surface area contributed by atoms with E-state index >= 15 is 0 Å². The van der Waals surface area contributed by atoms with Crippen molar-refractivity contribution in [3.05, 3.63) is 25.3 Å². The Labute approximate surface area is 79.0 Å². The van der Waals surface area contributed by atoms with Crippen LogP contribution in [-0.2, 0) is 14.3 Å². The summed E-state index contributed by atoms with van der Waals surface area (Å²) in [5.41, 5.74) is 0. The third kappa shape index (κ3) is 6.11. The van der Waals surface area contributed by atoms with Crippen molar-refractivity contribution in [3.8, 4) is 0 Å². The topological polar surface area (TPSA) is 35.5 Å². The minimum Gasteiger partial charge on any atom is -0.436 e. The van der Waals surface area contributed by atoms with Crippen LogP contribution in [0.5, 0.6) is 0 Å². The quantitative estimate of drug-likeness (QED) is 0.360. The molecule has 0 saturated heterocycles. The number of hydrogen-bond donors (Lipinski definition) is 0. The molecule has 0 saturated carbocycles. The molecule has 0 aromatic carbocycles. The van der Waals surface area contributed by atoms with E-state index in [1.165, 1.54) is 6.92 Å². The number of rotatable bonds is 6. The van der Waals surface area contributed by atoms with Crippen molar-refractivity contribution in [3.63, 3.8) is 0 Å². The number of esters is 1. The number of hydrogen-bond acceptors (Lipinski definition) is 3. The maximum Gasteiger partial charge on any atom is 0.304 e. The molecule has 3 heteroatoms. The van der Waals surface area contributed by atoms with Gasteiger partial charge in [-0.2, -0.15) is 0 Å². The number of carbonyl (C=O) groups is 1. The molecule has 0 aliphatic rings. The van der Waals surface area contributed by atoms with Gasteiger partial charge in [-0.3, -0.25) is 4.79 Å². The summed E-state index contributed by atoms with van der Waals surface area (Å²) >= 11 is 0. The van der Waals surface area contributed by atoms with Gasteiger partial charge >= 0.3 is 5.97 Å². The lowest BCUT2D eigenvalue weighted by Gasteiger charge is -2.17. The fourth-order valence-electron chi connectivity index (χ4n) is 0.879. The molecule has 0 bridgehead atoms. The Balaban J connectivity index is 3.84. The van der Waals surface area contributed by atoms with E-state index in [1.807, 2.05) is 0 Å². The minimum absolute atomic E-state index is 0.146. The molecule has 0 heterocycles. The van der Waals surface area contributed by atoms with Gasteiger partial charge in [0.25, 0.3) is 0 Å². The molecule has 0 radical (unpaired) electrons. The lowest BCUT2D eigenvalue weighted by molar-refractivity contribution is -0.177. The molecule has 74 valence electrons. The van der Waals surface area contributed by atoms with Crippen LogP contribution in [0.3, 0.4) is 0 Å². The maximum atomic E-state index is 10.5. The van der Waals surface area contributed by atoms with E-state index < -0.39 is 6.29 Å². The Kier molecular flexibility index (Phi) is 5.89. The summed E-state index contributed by atoms with van der Waals surface area (Å²) in [4.78, 5) is 10.5. The van der Waals surface area contributed by atoms with Gasteiger partial charge in [0.05, 0.1) is 6.10 Å². The average Bonchev–Trinajstić information content (AvgIpc) is 2.02. The van der Waals surface area contributed by atoms with Gasteiger partial charge in [-0.05, 0) is 13.3 Å². The first-order valence-electron chi connectivity index (χ1n) is 4.16. The molecule has 3 nitrogen and oxygen atoms in total. The summed E-state index contributed by atoms with van der Waals surface area (Å²) in [6.45, 7) is 10.2. The van der Waals surface area contributed by atoms with Crippen LogP contribution in [0.2, 0.25) is 0 Å². The van der Waals surface area contributed by atoms with E-state index in [0.29, 0.717) is 6.42 Å². The molecule has 0 aliphatic carbocycles. The smallest absolute Gasteiger partial charge is 0.304 e. The van der Waals surface area contributed by atoms with E-state index in [-0.39, 0.29) is 12.1 Å². The molecule has 0 aromatic rings. The summed E-state index contributed by atoms with van der Waals surface area (Å²) < 4.78 is 10.1. The molecule has 0 spiro atoms. The average molecular weight is 184 g/mol. The molecule has 2 unspecified atom stereocenters. The summed E-state index contributed by atoms with van der Waals surface area (Å²) in [6.07, 6.45) is 3.36. The van der Waals surface area contributed by atoms with E-state index in [2.05, 4.69) is 13.2 Å². The zero-order valence-corrected chi connectivity index (χ0v) is 8.16. The second-order valence-corrected chi connectivity index (χ2v) is 2.61. The Morgan fingerprint density at radius 3 is 2.54 bits per heavy atom. The van der Waals surface area contributed by atoms with Crippen LogP contribution in [0.15, 0.2) is 25.3 Å². The lowest BCUT2D eigenvalue weighted by atomic mass is 10.2. The number of carbonyl (C=O) groups excluding carboxylic acids is 1. The van der Waals surface area contributed by atoms with Crippen LogP contribution in [0.1, 0.15) is 20.3 Å². The van der Waals surface area contributed by atoms with Crippen LogP contribution >= 0.6 is 0 Å². The first kappa shape index (κ1) is 11.9. The van der Waals surface area contributed by atoms with Crippen molar-refractivity contribution in [1.82, 2.24) is 0 Å². The van der Waals surface area contributed by atoms with Gasteiger partial charge in [-0.25, -0.2) is 0 Å². The fourth-order valence-corrected chi connectivity index (χ4v) is 0.879. The molecule has 0 aliphatic heterocycles. The highest BCUT2D eigenvalue weighted by Crippen LogP contribution is 2.05. The standard InChI is InChI=1S/C10H16O3/c1-5-7-10(6-2)13-9(4)12-8(3)11/h5-6,9-10H,1-2,7H2,3-4H3. The van der Waals surface area contributed by atoms with Crippen molar-refractivity contribution in [2.75, 3.05) is 0 Å². The Morgan fingerprint density at radius 1 is 1.54 bits per heavy atom. The van der Waals surface area contributed by atoms with Gasteiger partial charge in [0.15, 0.2) is 0 Å². The molecule has 0 N–H and O–H groups in total. The van der Waals surface area contributed by atoms with E-state index in [0.717, 1.165) is 0 Å². The monoisotopic (exact) mass is 184 g/mol. The SMILES string of the molecule is C=CCC(C=C)OC(C)OC(C)=O. The fraction of sp³-hybridized carbons (Fsp3) is 0.500. The second kappa shape index (κ2) is 6.43. The molecule has 2 atom stereocenters. The van der Waals surface area contributed by atoms with Crippen LogP contribution in [0, 0.1) is 0 Å². The highest BCUT2D eigenvalue weighted by molar-refractivity contribution is 5.65. The highest BCUT2D eigenvalue weighted by atomic mass is 16.7. The third-order valence-electron chi connectivity index (χ3n) is 1.36. The summed E-state index contributed by atoms with van der Waals surface area (Å²) in [5.74, 6) is -0.353. The Bertz CT molecular complexity index is 187. The van der Waals surface area contributed by atoms with E-state index in [1.54, 1.807) is 19.1 Å². The van der Waals surface area contributed by atoms with Crippen LogP contribution in [0.4, 0.5) is 0 Å². The molecular weight excluding hydrogens is 168 g/mol. The van der Waals surface area contributed by atoms with Gasteiger partial charge in [-0.1, -0.05) is 12.2 Å². The molecular formula is C10H16O3. The van der Waals surface area contributed by atoms with Crippen molar-refractivity contribution in [2.24, 2.45) is 0 Å². The van der Waals surface area contributed by atoms with Crippen LogP contribution in [0.25, 0.3) is 0 Å². The molecule has 0 fully saturated rings. The van der Waals surface area contributed by atoms with Gasteiger partial charge in [0, 0.05) is 6.92 Å². The first-order chi connectivity index (χ1) is 6.10. The molecule has 0 amide bonds. The normalized spacial score (nSPS) is 14.3. The zero-order chi connectivity index (χ0) is 10.3. The highest BCUT2D eigenvalue weighted by Gasteiger charge is 2.10.